The van der Waals surface area contributed by atoms with E-state index in [2.05, 4.69) is 16.5 Å². The molecule has 0 bridgehead atoms. The Bertz CT molecular complexity index is 1120. The molecule has 0 saturated carbocycles. The summed E-state index contributed by atoms with van der Waals surface area (Å²) in [5.74, 6) is 0. The van der Waals surface area contributed by atoms with Crippen molar-refractivity contribution in [2.75, 3.05) is 0 Å². The second-order valence-electron chi connectivity index (χ2n) is 6.25. The Balaban J connectivity index is 1.87. The van der Waals surface area contributed by atoms with Crippen LogP contribution in [-0.4, -0.2) is 13.0 Å². The van der Waals surface area contributed by atoms with E-state index >= 15 is 0 Å². The number of hydrogen-bond acceptors (Lipinski definition) is 3. The van der Waals surface area contributed by atoms with Gasteiger partial charge in [-0.1, -0.05) is 42.0 Å². The minimum atomic E-state index is -3.71. The summed E-state index contributed by atoms with van der Waals surface area (Å²) in [7, 11) is -1.83. The summed E-state index contributed by atoms with van der Waals surface area (Å²) in [6, 6.07) is 15.1. The summed E-state index contributed by atoms with van der Waals surface area (Å²) < 4.78 is 31.3. The largest absolute Gasteiger partial charge is 0.319 e. The molecule has 0 amide bonds. The molecule has 0 atom stereocenters. The Kier molecular flexibility index (Phi) is 3.89. The minimum Gasteiger partial charge on any atom is -0.319 e. The summed E-state index contributed by atoms with van der Waals surface area (Å²) in [6.07, 6.45) is 1.90. The van der Waals surface area contributed by atoms with E-state index in [0.717, 1.165) is 24.1 Å². The second-order valence-corrected chi connectivity index (χ2v) is 8.92. The van der Waals surface area contributed by atoms with E-state index in [0.29, 0.717) is 4.80 Å². The first-order valence-corrected chi connectivity index (χ1v) is 10.4. The Morgan fingerprint density at radius 1 is 1.04 bits per heavy atom. The van der Waals surface area contributed by atoms with E-state index in [-0.39, 0.29) is 4.90 Å². The lowest BCUT2D eigenvalue weighted by Gasteiger charge is -2.16. The zero-order valence-electron chi connectivity index (χ0n) is 14.1. The number of rotatable bonds is 2. The van der Waals surface area contributed by atoms with Crippen molar-refractivity contribution in [3.8, 4) is 11.3 Å². The lowest BCUT2D eigenvalue weighted by molar-refractivity contribution is 0.596. The molecule has 0 saturated heterocycles. The van der Waals surface area contributed by atoms with Crippen molar-refractivity contribution in [2.45, 2.75) is 24.7 Å². The van der Waals surface area contributed by atoms with E-state index in [4.69, 9.17) is 0 Å². The third-order valence-corrected chi connectivity index (χ3v) is 7.10. The van der Waals surface area contributed by atoms with E-state index in [1.54, 1.807) is 24.3 Å². The first kappa shape index (κ1) is 16.3. The SMILES string of the molecule is Cc1ccc(S(=O)(=O)N=c2sc3c(n2C)-c2ccccc2CC3)cc1. The fraction of sp³-hybridized carbons (Fsp3) is 0.211. The van der Waals surface area contributed by atoms with E-state index in [1.165, 1.54) is 27.3 Å². The van der Waals surface area contributed by atoms with Gasteiger partial charge in [-0.3, -0.25) is 0 Å². The molecule has 0 fully saturated rings. The van der Waals surface area contributed by atoms with Gasteiger partial charge in [0.05, 0.1) is 10.6 Å². The van der Waals surface area contributed by atoms with Crippen LogP contribution in [0, 0.1) is 6.92 Å². The number of benzene rings is 2. The average Bonchev–Trinajstić information content (AvgIpc) is 2.91. The van der Waals surface area contributed by atoms with Gasteiger partial charge in [0.1, 0.15) is 0 Å². The van der Waals surface area contributed by atoms with E-state index < -0.39 is 10.0 Å². The first-order valence-electron chi connectivity index (χ1n) is 8.10. The van der Waals surface area contributed by atoms with Crippen molar-refractivity contribution in [1.82, 2.24) is 4.57 Å². The van der Waals surface area contributed by atoms with Gasteiger partial charge in [-0.2, -0.15) is 8.42 Å². The Labute approximate surface area is 151 Å². The van der Waals surface area contributed by atoms with E-state index in [1.807, 2.05) is 30.7 Å². The van der Waals surface area contributed by atoms with Crippen LogP contribution in [0.1, 0.15) is 16.0 Å². The molecule has 2 aromatic carbocycles. The Morgan fingerprint density at radius 3 is 2.52 bits per heavy atom. The van der Waals surface area contributed by atoms with Gasteiger partial charge >= 0.3 is 0 Å². The maximum atomic E-state index is 12.7. The Hall–Kier alpha value is -2.18. The molecule has 25 heavy (non-hydrogen) atoms. The van der Waals surface area contributed by atoms with Crippen LogP contribution in [0.5, 0.6) is 0 Å². The maximum absolute atomic E-state index is 12.7. The fourth-order valence-electron chi connectivity index (χ4n) is 3.17. The maximum Gasteiger partial charge on any atom is 0.285 e. The van der Waals surface area contributed by atoms with Gasteiger partial charge in [-0.15, -0.1) is 15.7 Å². The summed E-state index contributed by atoms with van der Waals surface area (Å²) in [5, 5.41) is 0. The normalized spacial score (nSPS) is 14.2. The van der Waals surface area contributed by atoms with Crippen LogP contribution in [-0.2, 0) is 29.9 Å². The molecule has 0 spiro atoms. The van der Waals surface area contributed by atoms with Crippen LogP contribution in [0.15, 0.2) is 57.8 Å². The lowest BCUT2D eigenvalue weighted by Crippen LogP contribution is -2.15. The van der Waals surface area contributed by atoms with Crippen LogP contribution in [0.25, 0.3) is 11.3 Å². The molecule has 0 unspecified atom stereocenters. The number of aryl methyl sites for hydroxylation is 3. The third-order valence-electron chi connectivity index (χ3n) is 4.51. The number of hydrogen-bond donors (Lipinski definition) is 0. The predicted molar refractivity (Wildman–Crippen MR) is 100 cm³/mol. The van der Waals surface area contributed by atoms with Crippen LogP contribution < -0.4 is 4.80 Å². The molecule has 1 aliphatic rings. The highest BCUT2D eigenvalue weighted by molar-refractivity contribution is 7.90. The van der Waals surface area contributed by atoms with E-state index in [9.17, 15) is 8.42 Å². The number of fused-ring (bicyclic) bond motifs is 3. The highest BCUT2D eigenvalue weighted by Gasteiger charge is 2.22. The summed E-state index contributed by atoms with van der Waals surface area (Å²) >= 11 is 1.47. The molecule has 0 radical (unpaired) electrons. The molecule has 1 aliphatic carbocycles. The predicted octanol–water partition coefficient (Wildman–Crippen LogP) is 3.45. The molecule has 0 N–H and O–H groups in total. The monoisotopic (exact) mass is 370 g/mol. The Morgan fingerprint density at radius 2 is 1.76 bits per heavy atom. The zero-order valence-corrected chi connectivity index (χ0v) is 15.7. The smallest absolute Gasteiger partial charge is 0.285 e. The number of nitrogens with zero attached hydrogens (tertiary/aromatic N) is 2. The molecule has 1 aromatic heterocycles. The number of thiazole rings is 1. The topological polar surface area (TPSA) is 51.4 Å². The van der Waals surface area contributed by atoms with Crippen LogP contribution in [0.2, 0.25) is 0 Å². The fourth-order valence-corrected chi connectivity index (χ4v) is 5.53. The molecule has 1 heterocycles. The molecule has 4 nitrogen and oxygen atoms in total. The van der Waals surface area contributed by atoms with Gasteiger partial charge in [-0.25, -0.2) is 0 Å². The molecule has 128 valence electrons. The quantitative estimate of drug-likeness (QED) is 0.694. The van der Waals surface area contributed by atoms with Gasteiger partial charge < -0.3 is 4.57 Å². The summed E-state index contributed by atoms with van der Waals surface area (Å²) in [4.78, 5) is 1.94. The highest BCUT2D eigenvalue weighted by Crippen LogP contribution is 2.34. The lowest BCUT2D eigenvalue weighted by atomic mass is 9.93. The molecule has 4 rings (SSSR count). The van der Waals surface area contributed by atoms with Gasteiger partial charge in [0.15, 0.2) is 0 Å². The highest BCUT2D eigenvalue weighted by atomic mass is 32.2. The van der Waals surface area contributed by atoms with Crippen LogP contribution in [0.3, 0.4) is 0 Å². The zero-order chi connectivity index (χ0) is 17.6. The number of sulfonamides is 1. The third kappa shape index (κ3) is 2.85. The first-order chi connectivity index (χ1) is 12.0. The second kappa shape index (κ2) is 5.97. The molecular formula is C19H18N2O2S2. The van der Waals surface area contributed by atoms with Crippen molar-refractivity contribution in [3.05, 3.63) is 69.3 Å². The average molecular weight is 370 g/mol. The van der Waals surface area contributed by atoms with Crippen molar-refractivity contribution in [2.24, 2.45) is 11.4 Å². The van der Waals surface area contributed by atoms with Gasteiger partial charge in [-0.05, 0) is 37.5 Å². The van der Waals surface area contributed by atoms with Crippen molar-refractivity contribution < 1.29 is 8.42 Å². The standard InChI is InChI=1S/C19H18N2O2S2/c1-13-7-10-15(11-8-13)25(22,23)20-19-21(2)18-16-6-4-3-5-14(16)9-12-17(18)24-19/h3-8,10-11H,9,12H2,1-2H3. The van der Waals surface area contributed by atoms with Gasteiger partial charge in [0.2, 0.25) is 4.80 Å². The summed E-state index contributed by atoms with van der Waals surface area (Å²) in [5.41, 5.74) is 4.59. The van der Waals surface area contributed by atoms with Crippen LogP contribution in [0.4, 0.5) is 0 Å². The number of aromatic nitrogens is 1. The molecule has 0 aliphatic heterocycles. The minimum absolute atomic E-state index is 0.227. The molecule has 6 heteroatoms. The van der Waals surface area contributed by atoms with Crippen LogP contribution >= 0.6 is 11.3 Å². The van der Waals surface area contributed by atoms with Gasteiger partial charge in [0, 0.05) is 17.5 Å². The molecule has 3 aromatic rings. The van der Waals surface area contributed by atoms with Gasteiger partial charge in [0.25, 0.3) is 10.0 Å². The molecular weight excluding hydrogens is 352 g/mol. The van der Waals surface area contributed by atoms with Crippen molar-refractivity contribution in [3.63, 3.8) is 0 Å². The van der Waals surface area contributed by atoms with Crippen molar-refractivity contribution in [1.29, 1.82) is 0 Å². The summed E-state index contributed by atoms with van der Waals surface area (Å²) in [6.45, 7) is 1.93. The van der Waals surface area contributed by atoms with Crippen molar-refractivity contribution >= 4 is 21.4 Å².